The van der Waals surface area contributed by atoms with E-state index in [-0.39, 0.29) is 6.04 Å². The van der Waals surface area contributed by atoms with Gasteiger partial charge in [-0.1, -0.05) is 30.8 Å². The minimum atomic E-state index is 0.127. The summed E-state index contributed by atoms with van der Waals surface area (Å²) in [5.74, 6) is 1.16. The van der Waals surface area contributed by atoms with Crippen LogP contribution in [0, 0.1) is 0 Å². The number of hydrogen-bond donors (Lipinski definition) is 0. The quantitative estimate of drug-likeness (QED) is 0.853. The molecule has 0 radical (unpaired) electrons. The Hall–Kier alpha value is -1.33. The second kappa shape index (κ2) is 5.46. The van der Waals surface area contributed by atoms with Gasteiger partial charge in [-0.05, 0) is 30.0 Å². The minimum Gasteiger partial charge on any atom is -0.337 e. The second-order valence-electron chi connectivity index (χ2n) is 5.35. The van der Waals surface area contributed by atoms with Gasteiger partial charge in [-0.15, -0.1) is 11.3 Å². The maximum absolute atomic E-state index is 5.01. The van der Waals surface area contributed by atoms with Crippen LogP contribution in [-0.2, 0) is 0 Å². The monoisotopic (exact) mass is 315 g/mol. The summed E-state index contributed by atoms with van der Waals surface area (Å²) in [4.78, 5) is 13.5. The van der Waals surface area contributed by atoms with Gasteiger partial charge in [-0.3, -0.25) is 9.98 Å². The molecule has 3 nitrogen and oxygen atoms in total. The first-order chi connectivity index (χ1) is 10.4. The molecule has 1 saturated heterocycles. The molecule has 0 unspecified atom stereocenters. The summed E-state index contributed by atoms with van der Waals surface area (Å²) in [5, 5.41) is 3.36. The van der Waals surface area contributed by atoms with Crippen LogP contribution in [-0.4, -0.2) is 26.8 Å². The molecule has 4 rings (SSSR count). The molecule has 5 heteroatoms. The smallest absolute Gasteiger partial charge is 0.160 e. The summed E-state index contributed by atoms with van der Waals surface area (Å²) in [6, 6.07) is 11.5. The molecule has 0 amide bonds. The molecule has 1 fully saturated rings. The zero-order valence-corrected chi connectivity index (χ0v) is 13.5. The molecule has 0 spiro atoms. The van der Waals surface area contributed by atoms with Crippen LogP contribution in [0.3, 0.4) is 0 Å². The van der Waals surface area contributed by atoms with Crippen LogP contribution in [0.2, 0.25) is 0 Å². The number of thiophene rings is 1. The number of aromatic nitrogens is 1. The molecule has 2 aromatic rings. The van der Waals surface area contributed by atoms with Gasteiger partial charge >= 0.3 is 0 Å². The van der Waals surface area contributed by atoms with Crippen LogP contribution in [0.15, 0.2) is 46.9 Å². The average Bonchev–Trinajstić information content (AvgIpc) is 3.23. The van der Waals surface area contributed by atoms with Gasteiger partial charge in [-0.2, -0.15) is 0 Å². The van der Waals surface area contributed by atoms with E-state index in [9.17, 15) is 0 Å². The zero-order valence-electron chi connectivity index (χ0n) is 11.8. The Morgan fingerprint density at radius 1 is 1.29 bits per heavy atom. The average molecular weight is 315 g/mol. The molecule has 21 heavy (non-hydrogen) atoms. The first kappa shape index (κ1) is 13.3. The van der Waals surface area contributed by atoms with Crippen LogP contribution in [0.1, 0.15) is 36.0 Å². The van der Waals surface area contributed by atoms with Crippen LogP contribution < -0.4 is 0 Å². The fourth-order valence-corrected chi connectivity index (χ4v) is 5.31. The molecule has 2 aliphatic heterocycles. The number of thioether (sulfide) groups is 1. The fourth-order valence-electron chi connectivity index (χ4n) is 3.12. The van der Waals surface area contributed by atoms with E-state index in [2.05, 4.69) is 46.5 Å². The summed E-state index contributed by atoms with van der Waals surface area (Å²) in [5.41, 5.74) is 1.08. The van der Waals surface area contributed by atoms with Crippen molar-refractivity contribution >= 4 is 28.3 Å². The Morgan fingerprint density at radius 2 is 2.24 bits per heavy atom. The molecule has 0 aromatic carbocycles. The largest absolute Gasteiger partial charge is 0.337 e. The molecule has 4 heterocycles. The maximum atomic E-state index is 5.01. The Labute approximate surface area is 133 Å². The number of rotatable bonds is 3. The maximum Gasteiger partial charge on any atom is 0.160 e. The van der Waals surface area contributed by atoms with Crippen LogP contribution in [0.5, 0.6) is 0 Å². The molecule has 0 N–H and O–H groups in total. The summed E-state index contributed by atoms with van der Waals surface area (Å²) < 4.78 is 0. The Kier molecular flexibility index (Phi) is 3.47. The lowest BCUT2D eigenvalue weighted by molar-refractivity contribution is 0.258. The summed E-state index contributed by atoms with van der Waals surface area (Å²) in [6.45, 7) is 2.27. The normalized spacial score (nSPS) is 27.8. The number of hydrogen-bond acceptors (Lipinski definition) is 5. The van der Waals surface area contributed by atoms with E-state index in [1.165, 1.54) is 16.5 Å². The lowest BCUT2D eigenvalue weighted by atomic mass is 10.0. The van der Waals surface area contributed by atoms with Gasteiger partial charge in [0.15, 0.2) is 5.17 Å². The highest BCUT2D eigenvalue weighted by molar-refractivity contribution is 8.14. The first-order valence-electron chi connectivity index (χ1n) is 7.31. The minimum absolute atomic E-state index is 0.127. The zero-order chi connectivity index (χ0) is 14.2. The van der Waals surface area contributed by atoms with Crippen LogP contribution >= 0.6 is 23.1 Å². The van der Waals surface area contributed by atoms with Crippen molar-refractivity contribution in [3.63, 3.8) is 0 Å². The van der Waals surface area contributed by atoms with Crippen molar-refractivity contribution in [3.05, 3.63) is 52.5 Å². The van der Waals surface area contributed by atoms with E-state index < -0.39 is 0 Å². The van der Waals surface area contributed by atoms with Crippen molar-refractivity contribution in [1.82, 2.24) is 9.88 Å². The van der Waals surface area contributed by atoms with Crippen molar-refractivity contribution in [1.29, 1.82) is 0 Å². The standard InChI is InChI=1S/C16H17N3S2/c1-2-11-10-21-16-18-14(12-6-3-4-8-17-12)15(19(11)16)13-7-5-9-20-13/h3-9,11,14-15H,2,10H2,1H3/t11-,14-,15-/m1/s1. The van der Waals surface area contributed by atoms with Gasteiger partial charge < -0.3 is 4.90 Å². The Morgan fingerprint density at radius 3 is 2.95 bits per heavy atom. The number of amidine groups is 1. The van der Waals surface area contributed by atoms with E-state index in [4.69, 9.17) is 4.99 Å². The highest BCUT2D eigenvalue weighted by Crippen LogP contribution is 2.49. The molecule has 2 aromatic heterocycles. The Bertz CT molecular complexity index is 639. The van der Waals surface area contributed by atoms with Crippen LogP contribution in [0.4, 0.5) is 0 Å². The second-order valence-corrected chi connectivity index (χ2v) is 7.32. The van der Waals surface area contributed by atoms with E-state index >= 15 is 0 Å². The van der Waals surface area contributed by atoms with Crippen LogP contribution in [0.25, 0.3) is 0 Å². The SMILES string of the molecule is CC[C@@H]1CSC2=N[C@H](c3ccccn3)[C@@H](c3cccs3)N21. The molecule has 3 atom stereocenters. The van der Waals surface area contributed by atoms with Gasteiger partial charge in [0.25, 0.3) is 0 Å². The van der Waals surface area contributed by atoms with Gasteiger partial charge in [-0.25, -0.2) is 0 Å². The highest BCUT2D eigenvalue weighted by atomic mass is 32.2. The summed E-state index contributed by atoms with van der Waals surface area (Å²) >= 11 is 3.73. The number of pyridine rings is 1. The first-order valence-corrected chi connectivity index (χ1v) is 9.18. The van der Waals surface area contributed by atoms with Crippen molar-refractivity contribution < 1.29 is 0 Å². The van der Waals surface area contributed by atoms with Gasteiger partial charge in [0.2, 0.25) is 0 Å². The number of fused-ring (bicyclic) bond motifs is 1. The summed E-state index contributed by atoms with van der Waals surface area (Å²) in [6.07, 6.45) is 3.04. The molecule has 108 valence electrons. The van der Waals surface area contributed by atoms with Gasteiger partial charge in [0.1, 0.15) is 6.04 Å². The van der Waals surface area contributed by atoms with E-state index in [0.717, 1.165) is 11.4 Å². The predicted octanol–water partition coefficient (Wildman–Crippen LogP) is 4.12. The Balaban J connectivity index is 1.78. The molecule has 0 saturated carbocycles. The van der Waals surface area contributed by atoms with Crippen molar-refractivity contribution in [2.24, 2.45) is 4.99 Å². The van der Waals surface area contributed by atoms with Gasteiger partial charge in [0, 0.05) is 22.9 Å². The number of nitrogens with zero attached hydrogens (tertiary/aromatic N) is 3. The predicted molar refractivity (Wildman–Crippen MR) is 89.8 cm³/mol. The van der Waals surface area contributed by atoms with Crippen molar-refractivity contribution in [2.75, 3.05) is 5.75 Å². The van der Waals surface area contributed by atoms with Gasteiger partial charge in [0.05, 0.1) is 11.7 Å². The highest BCUT2D eigenvalue weighted by Gasteiger charge is 2.45. The fraction of sp³-hybridized carbons (Fsp3) is 0.375. The summed E-state index contributed by atoms with van der Waals surface area (Å²) in [7, 11) is 0. The van der Waals surface area contributed by atoms with Crippen molar-refractivity contribution in [3.8, 4) is 0 Å². The third kappa shape index (κ3) is 2.19. The molecular weight excluding hydrogens is 298 g/mol. The topological polar surface area (TPSA) is 28.5 Å². The van der Waals surface area contributed by atoms with E-state index in [1.807, 2.05) is 35.4 Å². The molecule has 0 aliphatic carbocycles. The van der Waals surface area contributed by atoms with Crippen molar-refractivity contribution in [2.45, 2.75) is 31.5 Å². The lowest BCUT2D eigenvalue weighted by Gasteiger charge is -2.30. The molecule has 2 aliphatic rings. The lowest BCUT2D eigenvalue weighted by Crippen LogP contribution is -2.34. The molecule has 0 bridgehead atoms. The third-order valence-electron chi connectivity index (χ3n) is 4.16. The van der Waals surface area contributed by atoms with E-state index in [1.54, 1.807) is 0 Å². The third-order valence-corrected chi connectivity index (χ3v) is 6.23. The molecular formula is C16H17N3S2. The number of aliphatic imine (C=N–C) groups is 1. The van der Waals surface area contributed by atoms with E-state index in [0.29, 0.717) is 12.1 Å².